The van der Waals surface area contributed by atoms with Crippen molar-refractivity contribution >= 4 is 23.3 Å². The van der Waals surface area contributed by atoms with Gasteiger partial charge in [-0.05, 0) is 11.6 Å². The minimum atomic E-state index is -3.04. The molecule has 0 aliphatic carbocycles. The summed E-state index contributed by atoms with van der Waals surface area (Å²) in [5.74, 6) is 0. The summed E-state index contributed by atoms with van der Waals surface area (Å²) in [4.78, 5) is 0. The van der Waals surface area contributed by atoms with Gasteiger partial charge in [-0.25, -0.2) is 0 Å². The Hall–Kier alpha value is -4.00. The van der Waals surface area contributed by atoms with Crippen LogP contribution in [0.1, 0.15) is 16.8 Å². The number of hydrogen-bond donors (Lipinski definition) is 0. The number of allylic oxidation sites excluding steroid dienone is 1. The minimum Gasteiger partial charge on any atom is -0.313 e. The van der Waals surface area contributed by atoms with E-state index in [0.717, 1.165) is 33.0 Å². The van der Waals surface area contributed by atoms with E-state index in [1.807, 2.05) is 72.8 Å². The number of rotatable bonds is 6. The molecule has 1 aliphatic heterocycles. The lowest BCUT2D eigenvalue weighted by Gasteiger charge is -2.29. The fourth-order valence-corrected chi connectivity index (χ4v) is 8.49. The minimum absolute atomic E-state index is 0.441. The summed E-state index contributed by atoms with van der Waals surface area (Å²) in [7, 11) is -3.04. The Bertz CT molecular complexity index is 1520. The molecule has 0 saturated carbocycles. The quantitative estimate of drug-likeness (QED) is 0.208. The highest BCUT2D eigenvalue weighted by Crippen LogP contribution is 2.51. The smallest absolute Gasteiger partial charge is 0.220 e. The lowest BCUT2D eigenvalue weighted by molar-refractivity contribution is -0.735. The molecule has 0 fully saturated rings. The summed E-state index contributed by atoms with van der Waals surface area (Å²) in [6.07, 6.45) is 4.91. The van der Waals surface area contributed by atoms with Crippen molar-refractivity contribution in [3.8, 4) is 0 Å². The maximum Gasteiger partial charge on any atom is 0.220 e. The van der Waals surface area contributed by atoms with E-state index < -0.39 is 12.7 Å². The Labute approximate surface area is 212 Å². The molecular formula is C33H27NOP+. The molecule has 1 atom stereocenters. The Morgan fingerprint density at radius 2 is 1.08 bits per heavy atom. The molecule has 174 valence electrons. The maximum absolute atomic E-state index is 15.4. The van der Waals surface area contributed by atoms with Crippen molar-refractivity contribution in [1.82, 2.24) is 0 Å². The van der Waals surface area contributed by atoms with E-state index in [1.165, 1.54) is 0 Å². The second kappa shape index (κ2) is 9.22. The van der Waals surface area contributed by atoms with E-state index in [-0.39, 0.29) is 0 Å². The topological polar surface area (TPSA) is 20.9 Å². The molecule has 0 unspecified atom stereocenters. The van der Waals surface area contributed by atoms with Crippen LogP contribution in [0, 0.1) is 0 Å². The largest absolute Gasteiger partial charge is 0.313 e. The molecule has 1 aromatic heterocycles. The third-order valence-electron chi connectivity index (χ3n) is 7.12. The zero-order valence-electron chi connectivity index (χ0n) is 19.9. The molecular weight excluding hydrogens is 457 g/mol. The lowest BCUT2D eigenvalue weighted by Crippen LogP contribution is -2.57. The number of nitrogens with zero attached hydrogens (tertiary/aromatic N) is 1. The predicted molar refractivity (Wildman–Crippen MR) is 148 cm³/mol. The summed E-state index contributed by atoms with van der Waals surface area (Å²) in [5.41, 5.74) is 3.95. The van der Waals surface area contributed by atoms with Gasteiger partial charge in [0.1, 0.15) is 0 Å². The van der Waals surface area contributed by atoms with Gasteiger partial charge in [0.2, 0.25) is 11.2 Å². The highest BCUT2D eigenvalue weighted by molar-refractivity contribution is 7.78. The van der Waals surface area contributed by atoms with Gasteiger partial charge in [-0.3, -0.25) is 0 Å². The van der Waals surface area contributed by atoms with E-state index in [0.29, 0.717) is 6.16 Å². The monoisotopic (exact) mass is 484 g/mol. The van der Waals surface area contributed by atoms with Crippen LogP contribution in [0.2, 0.25) is 0 Å². The fraction of sp³-hybridized carbons (Fsp3) is 0.0606. The molecule has 2 nitrogen and oxygen atoms in total. The van der Waals surface area contributed by atoms with E-state index in [2.05, 4.69) is 83.6 Å². The van der Waals surface area contributed by atoms with Crippen LogP contribution >= 0.6 is 7.14 Å². The summed E-state index contributed by atoms with van der Waals surface area (Å²) in [6.45, 7) is 0. The predicted octanol–water partition coefficient (Wildman–Crippen LogP) is 6.18. The van der Waals surface area contributed by atoms with Gasteiger partial charge in [-0.1, -0.05) is 121 Å². The Kier molecular flexibility index (Phi) is 5.76. The van der Waals surface area contributed by atoms with Gasteiger partial charge in [-0.2, -0.15) is 4.57 Å². The third-order valence-corrected chi connectivity index (χ3v) is 10.3. The van der Waals surface area contributed by atoms with Gasteiger partial charge in [-0.15, -0.1) is 0 Å². The number of hydrogen-bond acceptors (Lipinski definition) is 1. The van der Waals surface area contributed by atoms with Crippen LogP contribution in [-0.4, -0.2) is 6.16 Å². The molecule has 1 aliphatic rings. The maximum atomic E-state index is 15.4. The van der Waals surface area contributed by atoms with Crippen molar-refractivity contribution < 1.29 is 9.13 Å². The number of fused-ring (bicyclic) bond motifs is 1. The van der Waals surface area contributed by atoms with Crippen molar-refractivity contribution in [2.45, 2.75) is 5.54 Å². The molecule has 0 bridgehead atoms. The van der Waals surface area contributed by atoms with Crippen molar-refractivity contribution in [3.63, 3.8) is 0 Å². The SMILES string of the molecule is O=P(C[C@]1(c2ccccc2)C=C(c2ccccc2)c2cccc[n+]21)(c1ccccc1)c1ccccc1. The van der Waals surface area contributed by atoms with Crippen molar-refractivity contribution in [2.75, 3.05) is 6.16 Å². The van der Waals surface area contributed by atoms with E-state index in [9.17, 15) is 0 Å². The van der Waals surface area contributed by atoms with E-state index in [1.54, 1.807) is 0 Å². The van der Waals surface area contributed by atoms with Gasteiger partial charge in [0.25, 0.3) is 0 Å². The first-order chi connectivity index (χ1) is 17.7. The van der Waals surface area contributed by atoms with Gasteiger partial charge in [0.15, 0.2) is 13.3 Å². The fourth-order valence-electron chi connectivity index (χ4n) is 5.41. The Morgan fingerprint density at radius 3 is 1.67 bits per heavy atom. The van der Waals surface area contributed by atoms with Gasteiger partial charge in [0.05, 0.1) is 11.7 Å². The molecule has 6 rings (SSSR count). The molecule has 0 saturated heterocycles. The molecule has 0 spiro atoms. The van der Waals surface area contributed by atoms with Crippen molar-refractivity contribution in [3.05, 3.63) is 169 Å². The first-order valence-electron chi connectivity index (χ1n) is 12.3. The van der Waals surface area contributed by atoms with Crippen LogP contribution in [0.15, 0.2) is 152 Å². The second-order valence-corrected chi connectivity index (χ2v) is 12.1. The van der Waals surface area contributed by atoms with Crippen LogP contribution in [-0.2, 0) is 10.1 Å². The average Bonchev–Trinajstić information content (AvgIpc) is 3.30. The first kappa shape index (κ1) is 22.5. The van der Waals surface area contributed by atoms with Crippen LogP contribution in [0.25, 0.3) is 5.57 Å². The molecule has 4 aromatic carbocycles. The van der Waals surface area contributed by atoms with E-state index in [4.69, 9.17) is 0 Å². The molecule has 0 amide bonds. The molecule has 3 heteroatoms. The standard InChI is InChI=1S/C33H27NOP/c35-36(29-19-9-3-10-20-29,30-21-11-4-12-22-30)26-33(28-17-7-2-8-18-28)25-31(27-15-5-1-6-16-27)32-23-13-14-24-34(32)33/h1-25H,26H2/q+1/t33-/m0/s1. The molecule has 36 heavy (non-hydrogen) atoms. The summed E-state index contributed by atoms with van der Waals surface area (Å²) in [6, 6.07) is 47.3. The number of aromatic nitrogens is 1. The lowest BCUT2D eigenvalue weighted by atomic mass is 9.90. The highest BCUT2D eigenvalue weighted by Gasteiger charge is 2.52. The summed E-state index contributed by atoms with van der Waals surface area (Å²) >= 11 is 0. The molecule has 0 radical (unpaired) electrons. The second-order valence-electron chi connectivity index (χ2n) is 9.24. The average molecular weight is 485 g/mol. The highest BCUT2D eigenvalue weighted by atomic mass is 31.2. The van der Waals surface area contributed by atoms with Crippen LogP contribution in [0.3, 0.4) is 0 Å². The molecule has 0 N–H and O–H groups in total. The Balaban J connectivity index is 1.65. The summed E-state index contributed by atoms with van der Waals surface area (Å²) in [5, 5.41) is 1.76. The summed E-state index contributed by atoms with van der Waals surface area (Å²) < 4.78 is 17.7. The van der Waals surface area contributed by atoms with Crippen LogP contribution in [0.5, 0.6) is 0 Å². The zero-order chi connectivity index (χ0) is 24.4. The number of benzene rings is 4. The molecule has 2 heterocycles. The van der Waals surface area contributed by atoms with Crippen LogP contribution < -0.4 is 15.2 Å². The molecule has 5 aromatic rings. The van der Waals surface area contributed by atoms with E-state index >= 15 is 4.57 Å². The normalized spacial score (nSPS) is 16.8. The van der Waals surface area contributed by atoms with Gasteiger partial charge < -0.3 is 4.57 Å². The van der Waals surface area contributed by atoms with Gasteiger partial charge in [0, 0.05) is 34.4 Å². The first-order valence-corrected chi connectivity index (χ1v) is 14.2. The van der Waals surface area contributed by atoms with Crippen molar-refractivity contribution in [2.24, 2.45) is 0 Å². The number of pyridine rings is 1. The third kappa shape index (κ3) is 3.75. The van der Waals surface area contributed by atoms with Crippen LogP contribution in [0.4, 0.5) is 0 Å². The van der Waals surface area contributed by atoms with Crippen molar-refractivity contribution in [1.29, 1.82) is 0 Å². The Morgan fingerprint density at radius 1 is 0.583 bits per heavy atom. The van der Waals surface area contributed by atoms with Gasteiger partial charge >= 0.3 is 0 Å². The zero-order valence-corrected chi connectivity index (χ0v) is 20.8.